The lowest BCUT2D eigenvalue weighted by atomic mass is 9.73. The molecule has 0 unspecified atom stereocenters. The van der Waals surface area contributed by atoms with Crippen LogP contribution in [0.2, 0.25) is 0 Å². The lowest BCUT2D eigenvalue weighted by Crippen LogP contribution is -2.50. The van der Waals surface area contributed by atoms with E-state index in [4.69, 9.17) is 4.74 Å². The van der Waals surface area contributed by atoms with Crippen molar-refractivity contribution in [2.24, 2.45) is 5.41 Å². The number of carbonyl (C=O) groups excluding carboxylic acids is 2. The third kappa shape index (κ3) is 4.98. The van der Waals surface area contributed by atoms with Crippen LogP contribution in [0.3, 0.4) is 0 Å². The lowest BCUT2D eigenvalue weighted by Gasteiger charge is -2.44. The summed E-state index contributed by atoms with van der Waals surface area (Å²) < 4.78 is 6.08. The molecule has 1 spiro atoms. The number of piperidine rings is 1. The molecule has 0 saturated carbocycles. The van der Waals surface area contributed by atoms with Gasteiger partial charge in [0, 0.05) is 32.2 Å². The summed E-state index contributed by atoms with van der Waals surface area (Å²) >= 11 is 0. The van der Waals surface area contributed by atoms with E-state index in [0.29, 0.717) is 6.54 Å². The maximum atomic E-state index is 13.1. The minimum Gasteiger partial charge on any atom is -0.481 e. The van der Waals surface area contributed by atoms with Crippen molar-refractivity contribution in [3.05, 3.63) is 65.7 Å². The van der Waals surface area contributed by atoms with E-state index in [2.05, 4.69) is 6.07 Å². The highest BCUT2D eigenvalue weighted by atomic mass is 16.5. The maximum Gasteiger partial charge on any atom is 0.263 e. The standard InChI is InChI=1S/C27H34N2O3/c1-21-25(30)28(2)20-27(15-9-8-11-22-10-6-7-14-24(22)32-21)16-18-29(19-17-27)26(31)23-12-4-3-5-13-23/h3-7,10,12-14,21H,8-9,11,15-20H2,1-2H3/t21-/m1/s1. The van der Waals surface area contributed by atoms with Crippen molar-refractivity contribution >= 4 is 11.8 Å². The molecule has 170 valence electrons. The van der Waals surface area contributed by atoms with Crippen LogP contribution in [0.4, 0.5) is 0 Å². The van der Waals surface area contributed by atoms with Crippen LogP contribution in [0.25, 0.3) is 0 Å². The molecule has 5 heteroatoms. The number of aryl methyl sites for hydroxylation is 1. The fourth-order valence-corrected chi connectivity index (χ4v) is 5.21. The van der Waals surface area contributed by atoms with E-state index in [1.807, 2.05) is 72.3 Å². The fourth-order valence-electron chi connectivity index (χ4n) is 5.21. The Morgan fingerprint density at radius 2 is 1.66 bits per heavy atom. The van der Waals surface area contributed by atoms with Crippen molar-refractivity contribution in [3.63, 3.8) is 0 Å². The summed E-state index contributed by atoms with van der Waals surface area (Å²) in [4.78, 5) is 29.8. The van der Waals surface area contributed by atoms with Crippen LogP contribution in [0, 0.1) is 5.41 Å². The van der Waals surface area contributed by atoms with Gasteiger partial charge in [-0.1, -0.05) is 42.8 Å². The molecule has 0 aromatic heterocycles. The normalized spacial score (nSPS) is 21.8. The van der Waals surface area contributed by atoms with E-state index < -0.39 is 6.10 Å². The van der Waals surface area contributed by atoms with Gasteiger partial charge in [0.25, 0.3) is 11.8 Å². The molecule has 2 aliphatic rings. The number of likely N-dealkylation sites (tertiary alicyclic amines) is 1. The highest BCUT2D eigenvalue weighted by molar-refractivity contribution is 5.94. The van der Waals surface area contributed by atoms with E-state index in [-0.39, 0.29) is 17.2 Å². The number of nitrogens with zero attached hydrogens (tertiary/aromatic N) is 2. The van der Waals surface area contributed by atoms with Crippen LogP contribution >= 0.6 is 0 Å². The zero-order valence-electron chi connectivity index (χ0n) is 19.3. The molecule has 2 amide bonds. The average molecular weight is 435 g/mol. The molecule has 2 aromatic rings. The van der Waals surface area contributed by atoms with Crippen molar-refractivity contribution in [2.75, 3.05) is 26.7 Å². The minimum atomic E-state index is -0.516. The third-order valence-corrected chi connectivity index (χ3v) is 7.11. The van der Waals surface area contributed by atoms with Gasteiger partial charge in [-0.2, -0.15) is 0 Å². The number of para-hydroxylation sites is 1. The second-order valence-corrected chi connectivity index (χ2v) is 9.43. The van der Waals surface area contributed by atoms with Gasteiger partial charge in [0.1, 0.15) is 5.75 Å². The molecule has 2 heterocycles. The van der Waals surface area contributed by atoms with Gasteiger partial charge in [-0.25, -0.2) is 0 Å². The lowest BCUT2D eigenvalue weighted by molar-refractivity contribution is -0.138. The smallest absolute Gasteiger partial charge is 0.263 e. The second kappa shape index (κ2) is 9.76. The first-order chi connectivity index (χ1) is 15.5. The van der Waals surface area contributed by atoms with Gasteiger partial charge in [-0.15, -0.1) is 0 Å². The summed E-state index contributed by atoms with van der Waals surface area (Å²) in [6, 6.07) is 17.6. The zero-order chi connectivity index (χ0) is 22.6. The predicted molar refractivity (Wildman–Crippen MR) is 126 cm³/mol. The van der Waals surface area contributed by atoms with Crippen LogP contribution < -0.4 is 4.74 Å². The van der Waals surface area contributed by atoms with Crippen LogP contribution in [0.5, 0.6) is 5.75 Å². The number of rotatable bonds is 1. The molecular formula is C27H34N2O3. The summed E-state index contributed by atoms with van der Waals surface area (Å²) in [5, 5.41) is 0. The van der Waals surface area contributed by atoms with Gasteiger partial charge in [-0.05, 0) is 68.2 Å². The van der Waals surface area contributed by atoms with Gasteiger partial charge in [0.15, 0.2) is 6.10 Å². The van der Waals surface area contributed by atoms with Crippen LogP contribution in [0.15, 0.2) is 54.6 Å². The van der Waals surface area contributed by atoms with Crippen molar-refractivity contribution in [2.45, 2.75) is 51.6 Å². The average Bonchev–Trinajstić information content (AvgIpc) is 2.82. The van der Waals surface area contributed by atoms with Crippen molar-refractivity contribution in [1.82, 2.24) is 9.80 Å². The van der Waals surface area contributed by atoms with Gasteiger partial charge in [-0.3, -0.25) is 9.59 Å². The van der Waals surface area contributed by atoms with Crippen LogP contribution in [-0.4, -0.2) is 54.4 Å². The quantitative estimate of drug-likeness (QED) is 0.661. The number of carbonyl (C=O) groups is 2. The summed E-state index contributed by atoms with van der Waals surface area (Å²) in [5.74, 6) is 0.948. The number of amides is 2. The largest absolute Gasteiger partial charge is 0.481 e. The number of benzene rings is 2. The molecule has 4 rings (SSSR count). The summed E-state index contributed by atoms with van der Waals surface area (Å²) in [6.45, 7) is 4.04. The first kappa shape index (κ1) is 22.4. The SMILES string of the molecule is C[C@H]1Oc2ccccc2CCCCC2(CCN(C(=O)c3ccccc3)CC2)CN(C)C1=O. The molecular weight excluding hydrogens is 400 g/mol. The highest BCUT2D eigenvalue weighted by Crippen LogP contribution is 2.38. The summed E-state index contributed by atoms with van der Waals surface area (Å²) in [7, 11) is 1.89. The molecule has 2 aliphatic heterocycles. The Balaban J connectivity index is 1.48. The number of fused-ring (bicyclic) bond motifs is 1. The monoisotopic (exact) mass is 434 g/mol. The Kier molecular flexibility index (Phi) is 6.83. The van der Waals surface area contributed by atoms with Crippen LogP contribution in [0.1, 0.15) is 54.9 Å². The van der Waals surface area contributed by atoms with E-state index in [9.17, 15) is 9.59 Å². The predicted octanol–water partition coefficient (Wildman–Crippen LogP) is 4.56. The molecule has 32 heavy (non-hydrogen) atoms. The third-order valence-electron chi connectivity index (χ3n) is 7.11. The number of ether oxygens (including phenoxy) is 1. The molecule has 1 atom stereocenters. The van der Waals surface area contributed by atoms with Gasteiger partial charge < -0.3 is 14.5 Å². The van der Waals surface area contributed by atoms with Crippen molar-refractivity contribution < 1.29 is 14.3 Å². The van der Waals surface area contributed by atoms with E-state index in [0.717, 1.165) is 62.9 Å². The van der Waals surface area contributed by atoms with Crippen LogP contribution in [-0.2, 0) is 11.2 Å². The summed E-state index contributed by atoms with van der Waals surface area (Å²) in [6.07, 6.45) is 5.58. The molecule has 0 N–H and O–H groups in total. The van der Waals surface area contributed by atoms with E-state index >= 15 is 0 Å². The fraction of sp³-hybridized carbons (Fsp3) is 0.481. The minimum absolute atomic E-state index is 0.0162. The number of hydrogen-bond donors (Lipinski definition) is 0. The molecule has 0 radical (unpaired) electrons. The van der Waals surface area contributed by atoms with Crippen molar-refractivity contribution in [1.29, 1.82) is 0 Å². The molecule has 2 aromatic carbocycles. The first-order valence-electron chi connectivity index (χ1n) is 11.8. The topological polar surface area (TPSA) is 49.9 Å². The van der Waals surface area contributed by atoms with Gasteiger partial charge in [0.2, 0.25) is 0 Å². The number of likely N-dealkylation sites (N-methyl/N-ethyl adjacent to an activating group) is 1. The number of hydrogen-bond acceptors (Lipinski definition) is 3. The second-order valence-electron chi connectivity index (χ2n) is 9.43. The Labute approximate surface area is 191 Å². The molecule has 0 aliphatic carbocycles. The molecule has 1 saturated heterocycles. The zero-order valence-corrected chi connectivity index (χ0v) is 19.3. The van der Waals surface area contributed by atoms with E-state index in [1.54, 1.807) is 0 Å². The Morgan fingerprint density at radius 1 is 0.969 bits per heavy atom. The molecule has 0 bridgehead atoms. The maximum absolute atomic E-state index is 13.1. The van der Waals surface area contributed by atoms with Crippen molar-refractivity contribution in [3.8, 4) is 5.75 Å². The molecule has 1 fully saturated rings. The Morgan fingerprint density at radius 3 is 2.41 bits per heavy atom. The molecule has 5 nitrogen and oxygen atoms in total. The Bertz CT molecular complexity index is 935. The summed E-state index contributed by atoms with van der Waals surface area (Å²) in [5.41, 5.74) is 1.97. The highest BCUT2D eigenvalue weighted by Gasteiger charge is 2.38. The Hall–Kier alpha value is -2.82. The first-order valence-corrected chi connectivity index (χ1v) is 11.8. The van der Waals surface area contributed by atoms with E-state index in [1.165, 1.54) is 5.56 Å². The van der Waals surface area contributed by atoms with Gasteiger partial charge in [0.05, 0.1) is 0 Å². The van der Waals surface area contributed by atoms with Gasteiger partial charge >= 0.3 is 0 Å².